The molecule has 2 saturated heterocycles. The van der Waals surface area contributed by atoms with Crippen molar-refractivity contribution < 1.29 is 14.1 Å². The van der Waals surface area contributed by atoms with Crippen LogP contribution in [-0.4, -0.2) is 39.1 Å². The van der Waals surface area contributed by atoms with Crippen molar-refractivity contribution in [2.45, 2.75) is 6.04 Å². The summed E-state index contributed by atoms with van der Waals surface area (Å²) in [6, 6.07) is 11.6. The lowest BCUT2D eigenvalue weighted by Crippen LogP contribution is -2.34. The largest absolute Gasteiger partial charge is 0.336 e. The van der Waals surface area contributed by atoms with Crippen LogP contribution in [0.4, 0.5) is 10.5 Å². The Bertz CT molecular complexity index is 868. The van der Waals surface area contributed by atoms with Gasteiger partial charge in [-0.05, 0) is 12.1 Å². The van der Waals surface area contributed by atoms with E-state index in [4.69, 9.17) is 0 Å². The molecule has 2 atom stereocenters. The zero-order chi connectivity index (χ0) is 16.1. The van der Waals surface area contributed by atoms with Gasteiger partial charge >= 0.3 is 6.03 Å². The van der Waals surface area contributed by atoms with Crippen LogP contribution < -0.4 is 4.90 Å². The maximum atomic E-state index is 12.6. The average Bonchev–Trinajstić information content (AvgIpc) is 3.05. The minimum atomic E-state index is -0.912. The molecule has 0 bridgehead atoms. The standard InChI is InChI=1S/C16H12N3O3S/c17-7-10-5-6-13(12-4-2-1-3-11(10)12)19-15(20)14-8-23(22)9-18(14)16(19)21/h1-6,14,22H,8-9H2/q+1/t14-,23?/m1/s1. The molecule has 0 radical (unpaired) electrons. The van der Waals surface area contributed by atoms with Gasteiger partial charge < -0.3 is 0 Å². The third kappa shape index (κ3) is 1.92. The highest BCUT2D eigenvalue weighted by molar-refractivity contribution is 7.91. The first-order valence-corrected chi connectivity index (χ1v) is 8.57. The minimum absolute atomic E-state index is 0.208. The summed E-state index contributed by atoms with van der Waals surface area (Å²) in [5.41, 5.74) is 0.989. The Morgan fingerprint density at radius 2 is 1.91 bits per heavy atom. The molecule has 1 unspecified atom stereocenters. The summed E-state index contributed by atoms with van der Waals surface area (Å²) in [5.74, 6) is 0.198. The molecule has 3 amide bonds. The van der Waals surface area contributed by atoms with Crippen LogP contribution in [0.15, 0.2) is 36.4 Å². The lowest BCUT2D eigenvalue weighted by molar-refractivity contribution is -0.118. The number of imide groups is 1. The zero-order valence-corrected chi connectivity index (χ0v) is 12.8. The molecule has 2 aromatic rings. The third-order valence-electron chi connectivity index (χ3n) is 4.22. The van der Waals surface area contributed by atoms with E-state index in [1.54, 1.807) is 24.3 Å². The van der Waals surface area contributed by atoms with E-state index in [1.165, 1.54) is 9.80 Å². The van der Waals surface area contributed by atoms with Gasteiger partial charge in [0.1, 0.15) is 0 Å². The van der Waals surface area contributed by atoms with Crippen LogP contribution in [0.25, 0.3) is 10.8 Å². The van der Waals surface area contributed by atoms with Gasteiger partial charge in [0.25, 0.3) is 5.91 Å². The molecule has 0 aliphatic carbocycles. The van der Waals surface area contributed by atoms with E-state index in [9.17, 15) is 19.4 Å². The van der Waals surface area contributed by atoms with Gasteiger partial charge in [0.15, 0.2) is 23.0 Å². The summed E-state index contributed by atoms with van der Waals surface area (Å²) in [6.07, 6.45) is 0. The molecule has 7 heteroatoms. The lowest BCUT2D eigenvalue weighted by Gasteiger charge is -2.17. The number of rotatable bonds is 1. The number of nitrogens with zero attached hydrogens (tertiary/aromatic N) is 3. The minimum Gasteiger partial charge on any atom is -0.271 e. The second-order valence-corrected chi connectivity index (χ2v) is 7.01. The van der Waals surface area contributed by atoms with E-state index in [2.05, 4.69) is 6.07 Å². The van der Waals surface area contributed by atoms with E-state index in [0.717, 1.165) is 0 Å². The van der Waals surface area contributed by atoms with Gasteiger partial charge in [-0.25, -0.2) is 9.69 Å². The molecular weight excluding hydrogens is 314 g/mol. The number of anilines is 1. The summed E-state index contributed by atoms with van der Waals surface area (Å²) in [6.45, 7) is 0. The molecule has 114 valence electrons. The number of carbonyl (C=O) groups excluding carboxylic acids is 2. The molecule has 4 rings (SSSR count). The fraction of sp³-hybridized carbons (Fsp3) is 0.188. The van der Waals surface area contributed by atoms with Crippen LogP contribution in [0, 0.1) is 11.3 Å². The Morgan fingerprint density at radius 1 is 1.17 bits per heavy atom. The van der Waals surface area contributed by atoms with Crippen molar-refractivity contribution in [3.63, 3.8) is 0 Å². The van der Waals surface area contributed by atoms with Crippen molar-refractivity contribution in [1.82, 2.24) is 4.90 Å². The summed E-state index contributed by atoms with van der Waals surface area (Å²) in [7, 11) is 0. The van der Waals surface area contributed by atoms with Crippen molar-refractivity contribution in [2.75, 3.05) is 16.5 Å². The lowest BCUT2D eigenvalue weighted by atomic mass is 10.0. The van der Waals surface area contributed by atoms with Gasteiger partial charge in [-0.1, -0.05) is 24.3 Å². The van der Waals surface area contributed by atoms with Gasteiger partial charge in [-0.3, -0.25) is 9.69 Å². The van der Waals surface area contributed by atoms with Crippen molar-refractivity contribution in [3.8, 4) is 6.07 Å². The first kappa shape index (κ1) is 14.1. The highest BCUT2D eigenvalue weighted by atomic mass is 32.2. The molecule has 6 nitrogen and oxygen atoms in total. The number of fused-ring (bicyclic) bond motifs is 2. The molecular formula is C16H12N3O3S+. The predicted molar refractivity (Wildman–Crippen MR) is 86.9 cm³/mol. The van der Waals surface area contributed by atoms with Crippen LogP contribution in [0.1, 0.15) is 5.56 Å². The monoisotopic (exact) mass is 326 g/mol. The maximum Gasteiger partial charge on any atom is 0.336 e. The maximum absolute atomic E-state index is 12.6. The quantitative estimate of drug-likeness (QED) is 0.641. The molecule has 23 heavy (non-hydrogen) atoms. The Hall–Kier alpha value is -2.56. The van der Waals surface area contributed by atoms with Crippen molar-refractivity contribution in [3.05, 3.63) is 42.0 Å². The topological polar surface area (TPSA) is 84.6 Å². The van der Waals surface area contributed by atoms with E-state index in [1.807, 2.05) is 12.1 Å². The van der Waals surface area contributed by atoms with Crippen LogP contribution in [-0.2, 0) is 16.0 Å². The Labute approximate surface area is 135 Å². The first-order chi connectivity index (χ1) is 11.1. The van der Waals surface area contributed by atoms with Crippen molar-refractivity contribution in [2.24, 2.45) is 0 Å². The number of carbonyl (C=O) groups is 2. The Morgan fingerprint density at radius 3 is 2.61 bits per heavy atom. The SMILES string of the molecule is N#Cc1ccc(N2C(=O)[C@H]3C[S+](O)CN3C2=O)c2ccccc12. The number of urea groups is 1. The first-order valence-electron chi connectivity index (χ1n) is 7.05. The van der Waals surface area contributed by atoms with E-state index >= 15 is 0 Å². The number of hydrogen-bond donors (Lipinski definition) is 1. The normalized spacial score (nSPS) is 23.5. The second kappa shape index (κ2) is 4.98. The average molecular weight is 326 g/mol. The van der Waals surface area contributed by atoms with E-state index < -0.39 is 23.2 Å². The van der Waals surface area contributed by atoms with Gasteiger partial charge in [-0.2, -0.15) is 9.81 Å². The fourth-order valence-electron chi connectivity index (χ4n) is 3.14. The molecule has 2 heterocycles. The molecule has 2 fully saturated rings. The number of hydrogen-bond acceptors (Lipinski definition) is 4. The van der Waals surface area contributed by atoms with Gasteiger partial charge in [0.05, 0.1) is 17.3 Å². The molecule has 2 aromatic carbocycles. The molecule has 0 saturated carbocycles. The molecule has 0 aromatic heterocycles. The van der Waals surface area contributed by atoms with Crippen molar-refractivity contribution in [1.29, 1.82) is 5.26 Å². The third-order valence-corrected chi connectivity index (χ3v) is 5.50. The number of nitriles is 1. The van der Waals surface area contributed by atoms with E-state index in [-0.39, 0.29) is 11.8 Å². The van der Waals surface area contributed by atoms with Crippen LogP contribution in [0.3, 0.4) is 0 Å². The number of benzene rings is 2. The molecule has 2 aliphatic heterocycles. The van der Waals surface area contributed by atoms with Gasteiger partial charge in [0.2, 0.25) is 5.88 Å². The van der Waals surface area contributed by atoms with Gasteiger partial charge in [0, 0.05) is 10.8 Å². The van der Waals surface area contributed by atoms with E-state index in [0.29, 0.717) is 27.8 Å². The second-order valence-electron chi connectivity index (χ2n) is 5.49. The predicted octanol–water partition coefficient (Wildman–Crippen LogP) is 1.91. The highest BCUT2D eigenvalue weighted by Crippen LogP contribution is 2.35. The molecule has 1 N–H and O–H groups in total. The number of amides is 3. The van der Waals surface area contributed by atoms with Crippen LogP contribution in [0.5, 0.6) is 0 Å². The van der Waals surface area contributed by atoms with Crippen molar-refractivity contribution >= 4 is 39.6 Å². The summed E-state index contributed by atoms with van der Waals surface area (Å²) in [4.78, 5) is 27.8. The highest BCUT2D eigenvalue weighted by Gasteiger charge is 2.56. The molecule has 2 aliphatic rings. The molecule has 0 spiro atoms. The van der Waals surface area contributed by atoms with Gasteiger partial charge in [-0.15, -0.1) is 0 Å². The summed E-state index contributed by atoms with van der Waals surface area (Å²) >= 11 is -0.912. The fourth-order valence-corrected chi connectivity index (χ4v) is 4.54. The summed E-state index contributed by atoms with van der Waals surface area (Å²) < 4.78 is 9.69. The Kier molecular flexibility index (Phi) is 3.04. The summed E-state index contributed by atoms with van der Waals surface area (Å²) in [5, 5.41) is 10.6. The smallest absolute Gasteiger partial charge is 0.271 e. The van der Waals surface area contributed by atoms with Crippen LogP contribution >= 0.6 is 0 Å². The van der Waals surface area contributed by atoms with Crippen LogP contribution in [0.2, 0.25) is 0 Å². The zero-order valence-electron chi connectivity index (χ0n) is 12.0. The Balaban J connectivity index is 1.87.